The minimum atomic E-state index is -0.814. The Morgan fingerprint density at radius 3 is 2.48 bits per heavy atom. The molecule has 1 aromatic carbocycles. The third kappa shape index (κ3) is 4.82. The number of hydrogen-bond acceptors (Lipinski definition) is 5. The maximum Gasteiger partial charge on any atom is 0.409 e. The molecule has 1 aliphatic heterocycles. The quantitative estimate of drug-likeness (QED) is 0.768. The van der Waals surface area contributed by atoms with Crippen molar-refractivity contribution in [1.82, 2.24) is 10.2 Å². The molecule has 0 radical (unpaired) electrons. The van der Waals surface area contributed by atoms with Gasteiger partial charge in [0.05, 0.1) is 5.60 Å². The number of aliphatic hydroxyl groups is 1. The van der Waals surface area contributed by atoms with Gasteiger partial charge in [0.1, 0.15) is 6.61 Å². The summed E-state index contributed by atoms with van der Waals surface area (Å²) < 4.78 is 5.72. The van der Waals surface area contributed by atoms with E-state index in [1.54, 1.807) is 16.2 Å². The van der Waals surface area contributed by atoms with E-state index in [2.05, 4.69) is 46.4 Å². The monoisotopic (exact) mass is 414 g/mol. The second kappa shape index (κ2) is 9.28. The molecule has 1 amide bonds. The van der Waals surface area contributed by atoms with Crippen LogP contribution in [-0.2, 0) is 4.74 Å². The Labute approximate surface area is 176 Å². The van der Waals surface area contributed by atoms with Crippen LogP contribution in [0.25, 0.3) is 11.1 Å². The lowest BCUT2D eigenvalue weighted by Crippen LogP contribution is -2.47. The highest BCUT2D eigenvalue weighted by Crippen LogP contribution is 2.40. The van der Waals surface area contributed by atoms with Crippen molar-refractivity contribution in [3.05, 3.63) is 46.7 Å². The van der Waals surface area contributed by atoms with Crippen LogP contribution in [-0.4, -0.2) is 54.5 Å². The lowest BCUT2D eigenvalue weighted by Gasteiger charge is -2.39. The molecule has 1 unspecified atom stereocenters. The van der Waals surface area contributed by atoms with Crippen LogP contribution in [0.5, 0.6) is 0 Å². The highest BCUT2D eigenvalue weighted by atomic mass is 32.1. The Bertz CT molecular complexity index is 779. The number of nitrogens with zero attached hydrogens (tertiary/aromatic N) is 1. The van der Waals surface area contributed by atoms with E-state index < -0.39 is 5.60 Å². The molecule has 2 N–H and O–H groups in total. The van der Waals surface area contributed by atoms with Crippen molar-refractivity contribution in [2.24, 2.45) is 0 Å². The van der Waals surface area contributed by atoms with Crippen LogP contribution in [0, 0.1) is 0 Å². The standard InChI is InChI=1S/C23H30N2O3S/c26-22(25-13-11-24-12-14-25)28-16-21(23(27)9-2-1-3-10-23)19-6-4-18(5-7-19)20-8-15-29-17-20/h4-8,15,17,21,24,27H,1-3,9-14,16H2. The lowest BCUT2D eigenvalue weighted by atomic mass is 9.73. The third-order valence-corrected chi connectivity index (χ3v) is 6.97. The first-order valence-corrected chi connectivity index (χ1v) is 11.6. The molecular weight excluding hydrogens is 384 g/mol. The van der Waals surface area contributed by atoms with E-state index in [-0.39, 0.29) is 18.6 Å². The summed E-state index contributed by atoms with van der Waals surface area (Å²) in [6.07, 6.45) is 4.44. The van der Waals surface area contributed by atoms with Crippen LogP contribution in [0.1, 0.15) is 43.6 Å². The summed E-state index contributed by atoms with van der Waals surface area (Å²) in [5.74, 6) is -0.203. The summed E-state index contributed by atoms with van der Waals surface area (Å²) in [6.45, 7) is 3.16. The predicted octanol–water partition coefficient (Wildman–Crippen LogP) is 4.24. The molecular formula is C23H30N2O3S. The first kappa shape index (κ1) is 20.4. The largest absolute Gasteiger partial charge is 0.449 e. The van der Waals surface area contributed by atoms with Gasteiger partial charge >= 0.3 is 6.09 Å². The first-order valence-electron chi connectivity index (χ1n) is 10.6. The van der Waals surface area contributed by atoms with Gasteiger partial charge in [-0.25, -0.2) is 4.79 Å². The molecule has 1 atom stereocenters. The van der Waals surface area contributed by atoms with E-state index in [1.807, 2.05) is 0 Å². The Morgan fingerprint density at radius 1 is 1.10 bits per heavy atom. The maximum absolute atomic E-state index is 12.5. The summed E-state index contributed by atoms with van der Waals surface area (Å²) in [7, 11) is 0. The zero-order valence-corrected chi connectivity index (χ0v) is 17.6. The number of benzene rings is 1. The Balaban J connectivity index is 1.51. The second-order valence-electron chi connectivity index (χ2n) is 8.16. The van der Waals surface area contributed by atoms with Gasteiger partial charge in [-0.1, -0.05) is 43.5 Å². The molecule has 1 aliphatic carbocycles. The van der Waals surface area contributed by atoms with Crippen LogP contribution < -0.4 is 5.32 Å². The minimum absolute atomic E-state index is 0.203. The second-order valence-corrected chi connectivity index (χ2v) is 8.94. The fraction of sp³-hybridized carbons (Fsp3) is 0.522. The van der Waals surface area contributed by atoms with E-state index in [0.29, 0.717) is 13.1 Å². The molecule has 4 rings (SSSR count). The van der Waals surface area contributed by atoms with Gasteiger partial charge in [0, 0.05) is 32.1 Å². The maximum atomic E-state index is 12.5. The molecule has 2 aromatic rings. The SMILES string of the molecule is O=C(OCC(c1ccc(-c2ccsc2)cc1)C1(O)CCCCC1)N1CCNCC1. The molecule has 1 saturated heterocycles. The van der Waals surface area contributed by atoms with Gasteiger partial charge in [-0.15, -0.1) is 0 Å². The summed E-state index contributed by atoms with van der Waals surface area (Å²) in [6, 6.07) is 10.5. The average Bonchev–Trinajstić information content (AvgIpc) is 3.30. The third-order valence-electron chi connectivity index (χ3n) is 6.28. The van der Waals surface area contributed by atoms with E-state index >= 15 is 0 Å². The number of carbonyl (C=O) groups excluding carboxylic acids is 1. The summed E-state index contributed by atoms with van der Waals surface area (Å²) >= 11 is 1.69. The van der Waals surface area contributed by atoms with E-state index in [4.69, 9.17) is 4.74 Å². The fourth-order valence-corrected chi connectivity index (χ4v) is 5.17. The molecule has 1 saturated carbocycles. The molecule has 2 fully saturated rings. The lowest BCUT2D eigenvalue weighted by molar-refractivity contribution is -0.0409. The molecule has 0 spiro atoms. The Kier molecular flexibility index (Phi) is 6.53. The van der Waals surface area contributed by atoms with Crippen LogP contribution in [0.3, 0.4) is 0 Å². The van der Waals surface area contributed by atoms with E-state index in [1.165, 1.54) is 11.1 Å². The number of carbonyl (C=O) groups is 1. The van der Waals surface area contributed by atoms with Crippen molar-refractivity contribution in [3.8, 4) is 11.1 Å². The predicted molar refractivity (Wildman–Crippen MR) is 116 cm³/mol. The molecule has 2 heterocycles. The van der Waals surface area contributed by atoms with Crippen molar-refractivity contribution >= 4 is 17.4 Å². The van der Waals surface area contributed by atoms with Gasteiger partial charge in [0.25, 0.3) is 0 Å². The smallest absolute Gasteiger partial charge is 0.409 e. The van der Waals surface area contributed by atoms with Gasteiger partial charge in [-0.3, -0.25) is 0 Å². The van der Waals surface area contributed by atoms with Crippen LogP contribution in [0.15, 0.2) is 41.1 Å². The van der Waals surface area contributed by atoms with Crippen LogP contribution >= 0.6 is 11.3 Å². The number of hydrogen-bond donors (Lipinski definition) is 2. The number of piperazine rings is 1. The zero-order valence-electron chi connectivity index (χ0n) is 16.8. The fourth-order valence-electron chi connectivity index (χ4n) is 4.50. The molecule has 156 valence electrons. The summed E-state index contributed by atoms with van der Waals surface area (Å²) in [5.41, 5.74) is 2.61. The molecule has 5 nitrogen and oxygen atoms in total. The molecule has 0 bridgehead atoms. The number of ether oxygens (including phenoxy) is 1. The van der Waals surface area contributed by atoms with Gasteiger partial charge in [0.15, 0.2) is 0 Å². The molecule has 29 heavy (non-hydrogen) atoms. The molecule has 6 heteroatoms. The van der Waals surface area contributed by atoms with Gasteiger partial charge in [-0.2, -0.15) is 11.3 Å². The number of thiophene rings is 1. The summed E-state index contributed by atoms with van der Waals surface area (Å²) in [4.78, 5) is 14.3. The van der Waals surface area contributed by atoms with Crippen molar-refractivity contribution < 1.29 is 14.6 Å². The van der Waals surface area contributed by atoms with E-state index in [0.717, 1.165) is 50.8 Å². The van der Waals surface area contributed by atoms with Crippen molar-refractivity contribution in [3.63, 3.8) is 0 Å². The topological polar surface area (TPSA) is 61.8 Å². The zero-order chi connectivity index (χ0) is 20.1. The first-order chi connectivity index (χ1) is 14.2. The minimum Gasteiger partial charge on any atom is -0.449 e. The number of amides is 1. The Hall–Kier alpha value is -1.89. The molecule has 2 aliphatic rings. The van der Waals surface area contributed by atoms with Crippen molar-refractivity contribution in [2.45, 2.75) is 43.6 Å². The van der Waals surface area contributed by atoms with Gasteiger partial charge in [-0.05, 0) is 46.4 Å². The normalized spacial score (nSPS) is 20.2. The average molecular weight is 415 g/mol. The highest BCUT2D eigenvalue weighted by molar-refractivity contribution is 7.08. The van der Waals surface area contributed by atoms with Crippen LogP contribution in [0.4, 0.5) is 4.79 Å². The Morgan fingerprint density at radius 2 is 1.83 bits per heavy atom. The van der Waals surface area contributed by atoms with Crippen molar-refractivity contribution in [2.75, 3.05) is 32.8 Å². The van der Waals surface area contributed by atoms with Crippen LogP contribution in [0.2, 0.25) is 0 Å². The summed E-state index contributed by atoms with van der Waals surface area (Å²) in [5, 5.41) is 18.9. The highest BCUT2D eigenvalue weighted by Gasteiger charge is 2.39. The van der Waals surface area contributed by atoms with Crippen molar-refractivity contribution in [1.29, 1.82) is 0 Å². The number of rotatable bonds is 5. The molecule has 1 aromatic heterocycles. The number of nitrogens with one attached hydrogen (secondary N) is 1. The van der Waals surface area contributed by atoms with Gasteiger partial charge < -0.3 is 20.1 Å². The van der Waals surface area contributed by atoms with E-state index in [9.17, 15) is 9.90 Å². The van der Waals surface area contributed by atoms with Gasteiger partial charge in [0.2, 0.25) is 0 Å².